The fraction of sp³-hybridized carbons (Fsp3) is 0.0833. The van der Waals surface area contributed by atoms with Crippen LogP contribution in [0.5, 0.6) is 5.75 Å². The molecule has 1 heterocycles. The fourth-order valence-electron chi connectivity index (χ4n) is 1.39. The Balaban J connectivity index is 2.19. The monoisotopic (exact) mass is 263 g/mol. The van der Waals surface area contributed by atoms with E-state index in [4.69, 9.17) is 11.6 Å². The van der Waals surface area contributed by atoms with Gasteiger partial charge in [-0.05, 0) is 30.7 Å². The summed E-state index contributed by atoms with van der Waals surface area (Å²) < 4.78 is 0. The summed E-state index contributed by atoms with van der Waals surface area (Å²) >= 11 is 5.68. The molecule has 0 radical (unpaired) electrons. The lowest BCUT2D eigenvalue weighted by atomic mass is 10.1. The smallest absolute Gasteiger partial charge is 0.256 e. The molecular weight excluding hydrogens is 254 g/mol. The highest BCUT2D eigenvalue weighted by Crippen LogP contribution is 2.18. The first-order valence-electron chi connectivity index (χ1n) is 5.15. The standard InChI is InChI=1S/C12H10ClN3O2/c1-7-4-8(2-3-9(7)17)12(18)16-11-5-10(13)14-6-15-11/h2-6,17H,1H3,(H,14,15,16,18). The van der Waals surface area contributed by atoms with Gasteiger partial charge in [0.1, 0.15) is 23.0 Å². The van der Waals surface area contributed by atoms with E-state index in [-0.39, 0.29) is 16.8 Å². The van der Waals surface area contributed by atoms with Crippen LogP contribution < -0.4 is 5.32 Å². The number of hydrogen-bond donors (Lipinski definition) is 2. The topological polar surface area (TPSA) is 75.1 Å². The Morgan fingerprint density at radius 3 is 2.78 bits per heavy atom. The molecule has 18 heavy (non-hydrogen) atoms. The molecule has 1 amide bonds. The van der Waals surface area contributed by atoms with Gasteiger partial charge in [-0.15, -0.1) is 0 Å². The first-order valence-corrected chi connectivity index (χ1v) is 5.52. The van der Waals surface area contributed by atoms with E-state index in [1.54, 1.807) is 13.0 Å². The molecule has 1 aromatic carbocycles. The molecule has 5 nitrogen and oxygen atoms in total. The minimum Gasteiger partial charge on any atom is -0.508 e. The molecule has 92 valence electrons. The Hall–Kier alpha value is -2.14. The summed E-state index contributed by atoms with van der Waals surface area (Å²) in [4.78, 5) is 19.5. The zero-order valence-corrected chi connectivity index (χ0v) is 10.3. The molecule has 2 rings (SSSR count). The number of aromatic hydroxyl groups is 1. The second kappa shape index (κ2) is 5.01. The van der Waals surface area contributed by atoms with Crippen molar-refractivity contribution in [1.82, 2.24) is 9.97 Å². The van der Waals surface area contributed by atoms with Crippen molar-refractivity contribution in [2.75, 3.05) is 5.32 Å². The Kier molecular flexibility index (Phi) is 3.43. The van der Waals surface area contributed by atoms with Crippen molar-refractivity contribution in [3.05, 3.63) is 46.9 Å². The summed E-state index contributed by atoms with van der Waals surface area (Å²) in [6.45, 7) is 1.72. The van der Waals surface area contributed by atoms with E-state index in [0.717, 1.165) is 0 Å². The van der Waals surface area contributed by atoms with Crippen LogP contribution >= 0.6 is 11.6 Å². The number of halogens is 1. The number of nitrogens with one attached hydrogen (secondary N) is 1. The van der Waals surface area contributed by atoms with Gasteiger partial charge in [0, 0.05) is 11.6 Å². The van der Waals surface area contributed by atoms with Crippen LogP contribution in [0.2, 0.25) is 5.15 Å². The number of nitrogens with zero attached hydrogens (tertiary/aromatic N) is 2. The lowest BCUT2D eigenvalue weighted by Gasteiger charge is -2.05. The van der Waals surface area contributed by atoms with E-state index in [9.17, 15) is 9.90 Å². The van der Waals surface area contributed by atoms with Crippen molar-refractivity contribution in [1.29, 1.82) is 0 Å². The van der Waals surface area contributed by atoms with Crippen molar-refractivity contribution in [3.63, 3.8) is 0 Å². The van der Waals surface area contributed by atoms with Gasteiger partial charge in [0.2, 0.25) is 0 Å². The largest absolute Gasteiger partial charge is 0.508 e. The van der Waals surface area contributed by atoms with E-state index in [1.165, 1.54) is 24.5 Å². The van der Waals surface area contributed by atoms with Gasteiger partial charge in [-0.3, -0.25) is 4.79 Å². The van der Waals surface area contributed by atoms with E-state index >= 15 is 0 Å². The highest BCUT2D eigenvalue weighted by Gasteiger charge is 2.08. The molecule has 2 N–H and O–H groups in total. The van der Waals surface area contributed by atoms with Gasteiger partial charge in [0.25, 0.3) is 5.91 Å². The summed E-state index contributed by atoms with van der Waals surface area (Å²) in [7, 11) is 0. The van der Waals surface area contributed by atoms with Gasteiger partial charge in [-0.25, -0.2) is 9.97 Å². The van der Waals surface area contributed by atoms with Crippen LogP contribution in [0, 0.1) is 6.92 Å². The third-order valence-corrected chi connectivity index (χ3v) is 2.54. The first-order chi connectivity index (χ1) is 8.56. The quantitative estimate of drug-likeness (QED) is 0.816. The highest BCUT2D eigenvalue weighted by atomic mass is 35.5. The summed E-state index contributed by atoms with van der Waals surface area (Å²) in [5.41, 5.74) is 1.06. The number of benzene rings is 1. The average Bonchev–Trinajstić information content (AvgIpc) is 2.32. The maximum Gasteiger partial charge on any atom is 0.256 e. The van der Waals surface area contributed by atoms with Crippen LogP contribution in [0.1, 0.15) is 15.9 Å². The third-order valence-electron chi connectivity index (χ3n) is 2.33. The predicted octanol–water partition coefficient (Wildman–Crippen LogP) is 2.40. The minimum atomic E-state index is -0.326. The molecule has 0 unspecified atom stereocenters. The zero-order valence-electron chi connectivity index (χ0n) is 9.51. The first kappa shape index (κ1) is 12.3. The third kappa shape index (κ3) is 2.75. The summed E-state index contributed by atoms with van der Waals surface area (Å²) in [5.74, 6) is 0.148. The Morgan fingerprint density at radius 1 is 1.33 bits per heavy atom. The molecule has 2 aromatic rings. The van der Waals surface area contributed by atoms with Gasteiger partial charge in [-0.2, -0.15) is 0 Å². The van der Waals surface area contributed by atoms with E-state index < -0.39 is 0 Å². The zero-order chi connectivity index (χ0) is 13.1. The lowest BCUT2D eigenvalue weighted by molar-refractivity contribution is 0.102. The van der Waals surface area contributed by atoms with Crippen molar-refractivity contribution < 1.29 is 9.90 Å². The van der Waals surface area contributed by atoms with Gasteiger partial charge in [0.05, 0.1) is 0 Å². The number of rotatable bonds is 2. The molecular formula is C12H10ClN3O2. The number of phenolic OH excluding ortho intramolecular Hbond substituents is 1. The molecule has 0 aliphatic carbocycles. The molecule has 0 fully saturated rings. The van der Waals surface area contributed by atoms with Crippen molar-refractivity contribution >= 4 is 23.3 Å². The van der Waals surface area contributed by atoms with Crippen LogP contribution in [-0.2, 0) is 0 Å². The number of hydrogen-bond acceptors (Lipinski definition) is 4. The Morgan fingerprint density at radius 2 is 2.11 bits per heavy atom. The highest BCUT2D eigenvalue weighted by molar-refractivity contribution is 6.29. The van der Waals surface area contributed by atoms with E-state index in [1.807, 2.05) is 0 Å². The number of anilines is 1. The Labute approximate surface area is 108 Å². The second-order valence-corrected chi connectivity index (χ2v) is 4.07. The van der Waals surface area contributed by atoms with Crippen molar-refractivity contribution in [2.45, 2.75) is 6.92 Å². The molecule has 0 aliphatic rings. The number of carbonyl (C=O) groups is 1. The summed E-state index contributed by atoms with van der Waals surface area (Å²) in [6.07, 6.45) is 1.26. The van der Waals surface area contributed by atoms with E-state index in [2.05, 4.69) is 15.3 Å². The van der Waals surface area contributed by atoms with Crippen LogP contribution in [0.15, 0.2) is 30.6 Å². The van der Waals surface area contributed by atoms with Crippen LogP contribution in [0.3, 0.4) is 0 Å². The normalized spacial score (nSPS) is 10.1. The maximum atomic E-state index is 11.9. The number of aryl methyl sites for hydroxylation is 1. The average molecular weight is 264 g/mol. The number of amides is 1. The molecule has 0 spiro atoms. The number of carbonyl (C=O) groups excluding carboxylic acids is 1. The SMILES string of the molecule is Cc1cc(C(=O)Nc2cc(Cl)ncn2)ccc1O. The van der Waals surface area contributed by atoms with Crippen molar-refractivity contribution in [2.24, 2.45) is 0 Å². The number of phenols is 1. The molecule has 0 bridgehead atoms. The molecule has 0 atom stereocenters. The molecule has 0 saturated heterocycles. The Bertz CT molecular complexity index is 602. The summed E-state index contributed by atoms with van der Waals surface area (Å²) in [6, 6.07) is 6.04. The van der Waals surface area contributed by atoms with Gasteiger partial charge < -0.3 is 10.4 Å². The summed E-state index contributed by atoms with van der Waals surface area (Å²) in [5, 5.41) is 12.2. The number of aromatic nitrogens is 2. The van der Waals surface area contributed by atoms with Crippen molar-refractivity contribution in [3.8, 4) is 5.75 Å². The fourth-order valence-corrected chi connectivity index (χ4v) is 1.53. The van der Waals surface area contributed by atoms with Crippen LogP contribution in [-0.4, -0.2) is 21.0 Å². The van der Waals surface area contributed by atoms with Crippen LogP contribution in [0.25, 0.3) is 0 Å². The molecule has 6 heteroatoms. The van der Waals surface area contributed by atoms with E-state index in [0.29, 0.717) is 16.9 Å². The van der Waals surface area contributed by atoms with Gasteiger partial charge in [0.15, 0.2) is 0 Å². The second-order valence-electron chi connectivity index (χ2n) is 3.68. The lowest BCUT2D eigenvalue weighted by Crippen LogP contribution is -2.13. The molecule has 0 saturated carbocycles. The molecule has 1 aromatic heterocycles. The molecule has 0 aliphatic heterocycles. The van der Waals surface area contributed by atoms with Gasteiger partial charge in [-0.1, -0.05) is 11.6 Å². The predicted molar refractivity (Wildman–Crippen MR) is 67.8 cm³/mol. The van der Waals surface area contributed by atoms with Gasteiger partial charge >= 0.3 is 0 Å². The minimum absolute atomic E-state index is 0.150. The van der Waals surface area contributed by atoms with Crippen LogP contribution in [0.4, 0.5) is 5.82 Å². The maximum absolute atomic E-state index is 11.9.